The first-order chi connectivity index (χ1) is 5.83. The smallest absolute Gasteiger partial charge is 0.0555 e. The van der Waals surface area contributed by atoms with E-state index in [4.69, 9.17) is 11.3 Å². The highest BCUT2D eigenvalue weighted by atomic mass is 15.1. The van der Waals surface area contributed by atoms with Crippen molar-refractivity contribution in [2.45, 2.75) is 37.8 Å². The Kier molecular flexibility index (Phi) is 3.64. The number of hydrogen-bond donors (Lipinski definition) is 1. The zero-order valence-corrected chi connectivity index (χ0v) is 7.06. The molecule has 0 saturated heterocycles. The maximum absolute atomic E-state index is 8.24. The quantitative estimate of drug-likeness (QED) is 0.275. The van der Waals surface area contributed by atoms with Crippen LogP contribution in [0.4, 0.5) is 0 Å². The second-order valence-corrected chi connectivity index (χ2v) is 3.11. The van der Waals surface area contributed by atoms with Crippen molar-refractivity contribution in [3.05, 3.63) is 22.6 Å². The second kappa shape index (κ2) is 4.80. The molecule has 12 heavy (non-hydrogen) atoms. The number of nitrogens with zero attached hydrogens (tertiary/aromatic N) is 3. The first-order valence-corrected chi connectivity index (χ1v) is 4.31. The summed E-state index contributed by atoms with van der Waals surface area (Å²) in [6.07, 6.45) is 8.08. The largest absolute Gasteiger partial charge is 0.324 e. The van der Waals surface area contributed by atoms with Crippen LogP contribution in [-0.2, 0) is 0 Å². The van der Waals surface area contributed by atoms with E-state index in [1.54, 1.807) is 0 Å². The summed E-state index contributed by atoms with van der Waals surface area (Å²) in [5.74, 6) is 0. The van der Waals surface area contributed by atoms with Crippen molar-refractivity contribution in [2.75, 3.05) is 0 Å². The van der Waals surface area contributed by atoms with Crippen molar-refractivity contribution < 1.29 is 0 Å². The third-order valence-electron chi connectivity index (χ3n) is 2.07. The van der Waals surface area contributed by atoms with Gasteiger partial charge in [-0.3, -0.25) is 0 Å². The normalized spacial score (nSPS) is 32.8. The first kappa shape index (κ1) is 9.10. The van der Waals surface area contributed by atoms with Crippen LogP contribution in [0.2, 0.25) is 0 Å². The van der Waals surface area contributed by atoms with Crippen LogP contribution in [0.5, 0.6) is 0 Å². The molecule has 4 heteroatoms. The highest BCUT2D eigenvalue weighted by Crippen LogP contribution is 2.13. The summed E-state index contributed by atoms with van der Waals surface area (Å²) in [4.78, 5) is 2.79. The van der Waals surface area contributed by atoms with E-state index in [2.05, 4.69) is 10.0 Å². The number of rotatable bonds is 1. The maximum Gasteiger partial charge on any atom is 0.0555 e. The Morgan fingerprint density at radius 3 is 2.83 bits per heavy atom. The molecule has 2 atom stereocenters. The molecule has 0 amide bonds. The van der Waals surface area contributed by atoms with Crippen molar-refractivity contribution in [2.24, 2.45) is 10.8 Å². The molecule has 0 spiro atoms. The van der Waals surface area contributed by atoms with Crippen LogP contribution >= 0.6 is 0 Å². The van der Waals surface area contributed by atoms with Crippen LogP contribution < -0.4 is 5.73 Å². The van der Waals surface area contributed by atoms with Crippen LogP contribution in [0.25, 0.3) is 10.4 Å². The molecule has 0 aliphatic heterocycles. The number of azide groups is 1. The minimum absolute atomic E-state index is 0.0151. The Balaban J connectivity index is 2.56. The van der Waals surface area contributed by atoms with Crippen LogP contribution in [-0.4, -0.2) is 12.1 Å². The lowest BCUT2D eigenvalue weighted by Gasteiger charge is -2.13. The monoisotopic (exact) mass is 166 g/mol. The molecule has 1 aliphatic carbocycles. The van der Waals surface area contributed by atoms with Gasteiger partial charge < -0.3 is 5.73 Å². The number of nitrogens with two attached hydrogens (primary N) is 1. The molecule has 0 fully saturated rings. The van der Waals surface area contributed by atoms with Gasteiger partial charge in [-0.15, -0.1) is 0 Å². The molecule has 0 aromatic heterocycles. The minimum Gasteiger partial charge on any atom is -0.324 e. The molecule has 0 bridgehead atoms. The standard InChI is InChI=1S/C8H14N4/c9-7-3-1-2-4-8(6-5-7)11-12-10/h5-8H,1-4,9H2/b6-5-. The molecule has 0 aromatic carbocycles. The molecule has 0 heterocycles. The molecule has 2 N–H and O–H groups in total. The topological polar surface area (TPSA) is 74.8 Å². The van der Waals surface area contributed by atoms with Crippen molar-refractivity contribution in [3.8, 4) is 0 Å². The molecule has 66 valence electrons. The highest BCUT2D eigenvalue weighted by Gasteiger charge is 2.07. The van der Waals surface area contributed by atoms with Gasteiger partial charge in [0.25, 0.3) is 0 Å². The minimum atomic E-state index is 0.0151. The zero-order valence-electron chi connectivity index (χ0n) is 7.06. The third kappa shape index (κ3) is 2.95. The Morgan fingerprint density at radius 2 is 2.08 bits per heavy atom. The van der Waals surface area contributed by atoms with E-state index >= 15 is 0 Å². The van der Waals surface area contributed by atoms with Gasteiger partial charge in [-0.2, -0.15) is 0 Å². The lowest BCUT2D eigenvalue weighted by atomic mass is 10.0. The zero-order chi connectivity index (χ0) is 8.81. The summed E-state index contributed by atoms with van der Waals surface area (Å²) in [6.45, 7) is 0. The average Bonchev–Trinajstić information content (AvgIpc) is 2.04. The summed E-state index contributed by atoms with van der Waals surface area (Å²) in [6, 6.07) is 0.156. The number of hydrogen-bond acceptors (Lipinski definition) is 2. The van der Waals surface area contributed by atoms with E-state index in [1.165, 1.54) is 0 Å². The summed E-state index contributed by atoms with van der Waals surface area (Å²) in [7, 11) is 0. The lowest BCUT2D eigenvalue weighted by Crippen LogP contribution is -2.19. The molecular weight excluding hydrogens is 152 g/mol. The van der Waals surface area contributed by atoms with Crippen LogP contribution in [0.1, 0.15) is 25.7 Å². The van der Waals surface area contributed by atoms with Gasteiger partial charge in [-0.1, -0.05) is 30.1 Å². The van der Waals surface area contributed by atoms with Gasteiger partial charge in [0.05, 0.1) is 6.04 Å². The van der Waals surface area contributed by atoms with Gasteiger partial charge in [-0.05, 0) is 18.4 Å². The molecular formula is C8H14N4. The van der Waals surface area contributed by atoms with E-state index < -0.39 is 0 Å². The fourth-order valence-electron chi connectivity index (χ4n) is 1.36. The molecule has 0 radical (unpaired) electrons. The van der Waals surface area contributed by atoms with Crippen molar-refractivity contribution >= 4 is 0 Å². The molecule has 4 nitrogen and oxygen atoms in total. The van der Waals surface area contributed by atoms with E-state index in [9.17, 15) is 0 Å². The van der Waals surface area contributed by atoms with Gasteiger partial charge in [-0.25, -0.2) is 0 Å². The summed E-state index contributed by atoms with van der Waals surface area (Å²) >= 11 is 0. The average molecular weight is 166 g/mol. The van der Waals surface area contributed by atoms with Gasteiger partial charge in [0.15, 0.2) is 0 Å². The summed E-state index contributed by atoms with van der Waals surface area (Å²) in [5.41, 5.74) is 14.0. The first-order valence-electron chi connectivity index (χ1n) is 4.31. The Labute approximate surface area is 72.1 Å². The van der Waals surface area contributed by atoms with E-state index in [1.807, 2.05) is 12.2 Å². The predicted octanol–water partition coefficient (Wildman–Crippen LogP) is 2.12. The molecule has 2 unspecified atom stereocenters. The highest BCUT2D eigenvalue weighted by molar-refractivity contribution is 5.00. The van der Waals surface area contributed by atoms with E-state index in [0.29, 0.717) is 0 Å². The van der Waals surface area contributed by atoms with Gasteiger partial charge in [0, 0.05) is 11.0 Å². The molecule has 0 saturated carbocycles. The Morgan fingerprint density at radius 1 is 1.33 bits per heavy atom. The SMILES string of the molecule is [N-]=[N+]=NC1/C=C\C(N)CCCC1. The van der Waals surface area contributed by atoms with E-state index in [-0.39, 0.29) is 12.1 Å². The van der Waals surface area contributed by atoms with Crippen LogP contribution in [0, 0.1) is 0 Å². The van der Waals surface area contributed by atoms with Crippen LogP contribution in [0.3, 0.4) is 0 Å². The second-order valence-electron chi connectivity index (χ2n) is 3.11. The van der Waals surface area contributed by atoms with Gasteiger partial charge in [0.2, 0.25) is 0 Å². The Hall–Kier alpha value is -0.990. The van der Waals surface area contributed by atoms with Crippen LogP contribution in [0.15, 0.2) is 17.3 Å². The predicted molar refractivity (Wildman–Crippen MR) is 48.5 cm³/mol. The summed E-state index contributed by atoms with van der Waals surface area (Å²) in [5, 5.41) is 3.66. The Bertz CT molecular complexity index is 205. The fourth-order valence-corrected chi connectivity index (χ4v) is 1.36. The van der Waals surface area contributed by atoms with E-state index in [0.717, 1.165) is 25.7 Å². The van der Waals surface area contributed by atoms with Gasteiger partial charge in [0.1, 0.15) is 0 Å². The molecule has 1 aliphatic rings. The van der Waals surface area contributed by atoms with Gasteiger partial charge >= 0.3 is 0 Å². The van der Waals surface area contributed by atoms with Crippen molar-refractivity contribution in [1.29, 1.82) is 0 Å². The molecule has 0 aromatic rings. The maximum atomic E-state index is 8.24. The molecule has 1 rings (SSSR count). The van der Waals surface area contributed by atoms with Crippen molar-refractivity contribution in [3.63, 3.8) is 0 Å². The summed E-state index contributed by atoms with van der Waals surface area (Å²) < 4.78 is 0. The third-order valence-corrected chi connectivity index (χ3v) is 2.07. The lowest BCUT2D eigenvalue weighted by molar-refractivity contribution is 0.561. The fraction of sp³-hybridized carbons (Fsp3) is 0.750. The van der Waals surface area contributed by atoms with Crippen molar-refractivity contribution in [1.82, 2.24) is 0 Å².